The van der Waals surface area contributed by atoms with E-state index in [2.05, 4.69) is 19.9 Å². The van der Waals surface area contributed by atoms with Gasteiger partial charge in [0.25, 0.3) is 0 Å². The van der Waals surface area contributed by atoms with Gasteiger partial charge in [-0.25, -0.2) is 0 Å². The molecule has 2 aliphatic heterocycles. The number of likely N-dealkylation sites (tertiary alicyclic amines) is 2. The summed E-state index contributed by atoms with van der Waals surface area (Å²) in [6, 6.07) is 0.352. The van der Waals surface area contributed by atoms with Gasteiger partial charge in [0.2, 0.25) is 5.91 Å². The molecule has 1 aliphatic carbocycles. The van der Waals surface area contributed by atoms with Crippen molar-refractivity contribution in [1.29, 1.82) is 0 Å². The summed E-state index contributed by atoms with van der Waals surface area (Å²) >= 11 is 0. The van der Waals surface area contributed by atoms with Crippen LogP contribution in [0.5, 0.6) is 0 Å². The fourth-order valence-corrected chi connectivity index (χ4v) is 5.00. The second kappa shape index (κ2) is 8.95. The predicted molar refractivity (Wildman–Crippen MR) is 109 cm³/mol. The van der Waals surface area contributed by atoms with Gasteiger partial charge >= 0.3 is 0 Å². The molecule has 0 spiro atoms. The number of aromatic nitrogens is 1. The third-order valence-corrected chi connectivity index (χ3v) is 7.08. The molecule has 156 valence electrons. The molecule has 2 saturated heterocycles. The summed E-state index contributed by atoms with van der Waals surface area (Å²) in [5.41, 5.74) is 2.21. The van der Waals surface area contributed by atoms with E-state index in [9.17, 15) is 4.79 Å². The van der Waals surface area contributed by atoms with E-state index in [1.807, 2.05) is 13.8 Å². The van der Waals surface area contributed by atoms with Crippen LogP contribution in [0.25, 0.3) is 0 Å². The van der Waals surface area contributed by atoms with Gasteiger partial charge in [-0.15, -0.1) is 0 Å². The number of hydrogen-bond acceptors (Lipinski definition) is 5. The van der Waals surface area contributed by atoms with E-state index >= 15 is 0 Å². The Balaban J connectivity index is 1.41. The summed E-state index contributed by atoms with van der Waals surface area (Å²) in [6.45, 7) is 11.3. The number of aryl methyl sites for hydroxylation is 2. The van der Waals surface area contributed by atoms with Crippen LogP contribution in [0.3, 0.4) is 0 Å². The molecule has 3 aliphatic rings. The molecule has 0 bridgehead atoms. The lowest BCUT2D eigenvalue weighted by atomic mass is 9.83. The first-order valence-electron chi connectivity index (χ1n) is 11.3. The predicted octanol–water partition coefficient (Wildman–Crippen LogP) is 2.98. The first-order chi connectivity index (χ1) is 13.6. The number of piperidine rings is 1. The molecule has 0 aromatic carbocycles. The van der Waals surface area contributed by atoms with Gasteiger partial charge in [0.15, 0.2) is 0 Å². The molecule has 0 unspecified atom stereocenters. The Hall–Kier alpha value is -1.40. The van der Waals surface area contributed by atoms with Crippen LogP contribution in [0.1, 0.15) is 62.0 Å². The molecular formula is C22H36N4O2. The molecule has 1 atom stereocenters. The first-order valence-corrected chi connectivity index (χ1v) is 11.3. The van der Waals surface area contributed by atoms with Gasteiger partial charge < -0.3 is 14.3 Å². The molecule has 1 aromatic heterocycles. The van der Waals surface area contributed by atoms with Gasteiger partial charge in [-0.2, -0.15) is 0 Å². The molecule has 3 heterocycles. The molecule has 3 fully saturated rings. The summed E-state index contributed by atoms with van der Waals surface area (Å²) in [5.74, 6) is 1.64. The number of carbonyl (C=O) groups excluding carboxylic acids is 1. The smallest absolute Gasteiger partial charge is 0.226 e. The molecule has 1 amide bonds. The van der Waals surface area contributed by atoms with Crippen LogP contribution in [-0.4, -0.2) is 71.1 Å². The highest BCUT2D eigenvalue weighted by atomic mass is 16.5. The highest BCUT2D eigenvalue weighted by Crippen LogP contribution is 2.30. The van der Waals surface area contributed by atoms with Crippen molar-refractivity contribution in [1.82, 2.24) is 19.9 Å². The number of hydrogen-bond donors (Lipinski definition) is 0. The van der Waals surface area contributed by atoms with Gasteiger partial charge in [-0.05, 0) is 72.0 Å². The van der Waals surface area contributed by atoms with Crippen LogP contribution in [-0.2, 0) is 11.3 Å². The van der Waals surface area contributed by atoms with Crippen molar-refractivity contribution < 1.29 is 9.32 Å². The maximum atomic E-state index is 13.2. The van der Waals surface area contributed by atoms with Crippen molar-refractivity contribution in [3.63, 3.8) is 0 Å². The molecule has 6 nitrogen and oxygen atoms in total. The molecule has 1 aromatic rings. The standard InChI is InChI=1S/C22H36N4O2/c1-17-21(18(2)28-23-17)16-25-12-6-9-20(15-25)26(22(27)19-7-5-8-19)14-13-24-10-3-4-11-24/h19-20H,3-16H2,1-2H3/t20-/m0/s1. The second-order valence-electron chi connectivity index (χ2n) is 9.04. The Bertz CT molecular complexity index is 644. The first kappa shape index (κ1) is 19.9. The lowest BCUT2D eigenvalue weighted by Gasteiger charge is -2.42. The van der Waals surface area contributed by atoms with Crippen LogP contribution in [0.15, 0.2) is 4.52 Å². The van der Waals surface area contributed by atoms with E-state index in [4.69, 9.17) is 4.52 Å². The average molecular weight is 389 g/mol. The molecule has 6 heteroatoms. The third kappa shape index (κ3) is 4.43. The van der Waals surface area contributed by atoms with Gasteiger partial charge in [-0.1, -0.05) is 11.6 Å². The van der Waals surface area contributed by atoms with E-state index in [1.165, 1.54) is 37.9 Å². The highest BCUT2D eigenvalue weighted by Gasteiger charge is 2.35. The molecule has 4 rings (SSSR count). The normalized spacial score (nSPS) is 24.4. The number of carbonyl (C=O) groups is 1. The summed E-state index contributed by atoms with van der Waals surface area (Å²) in [5, 5.41) is 4.11. The monoisotopic (exact) mass is 388 g/mol. The Morgan fingerprint density at radius 1 is 1.07 bits per heavy atom. The summed E-state index contributed by atoms with van der Waals surface area (Å²) in [7, 11) is 0. The van der Waals surface area contributed by atoms with Crippen LogP contribution >= 0.6 is 0 Å². The Kier molecular flexibility index (Phi) is 6.36. The third-order valence-electron chi connectivity index (χ3n) is 7.08. The topological polar surface area (TPSA) is 52.8 Å². The summed E-state index contributed by atoms with van der Waals surface area (Å²) < 4.78 is 5.35. The molecule has 28 heavy (non-hydrogen) atoms. The average Bonchev–Trinajstić information content (AvgIpc) is 3.26. The maximum absolute atomic E-state index is 13.2. The zero-order chi connectivity index (χ0) is 19.5. The van der Waals surface area contributed by atoms with Gasteiger partial charge in [0.05, 0.1) is 5.69 Å². The van der Waals surface area contributed by atoms with E-state index in [0.717, 1.165) is 69.9 Å². The highest BCUT2D eigenvalue weighted by molar-refractivity contribution is 5.80. The van der Waals surface area contributed by atoms with Crippen molar-refractivity contribution in [3.8, 4) is 0 Å². The van der Waals surface area contributed by atoms with Crippen molar-refractivity contribution in [2.75, 3.05) is 39.3 Å². The van der Waals surface area contributed by atoms with E-state index < -0.39 is 0 Å². The molecule has 0 radical (unpaired) electrons. The Morgan fingerprint density at radius 3 is 2.46 bits per heavy atom. The Morgan fingerprint density at radius 2 is 1.82 bits per heavy atom. The lowest BCUT2D eigenvalue weighted by Crippen LogP contribution is -2.54. The van der Waals surface area contributed by atoms with Gasteiger partial charge in [0, 0.05) is 43.7 Å². The minimum absolute atomic E-state index is 0.288. The number of nitrogens with zero attached hydrogens (tertiary/aromatic N) is 4. The molecule has 1 saturated carbocycles. The molecular weight excluding hydrogens is 352 g/mol. The zero-order valence-corrected chi connectivity index (χ0v) is 17.7. The minimum atomic E-state index is 0.288. The van der Waals surface area contributed by atoms with Crippen molar-refractivity contribution >= 4 is 5.91 Å². The van der Waals surface area contributed by atoms with Crippen molar-refractivity contribution in [3.05, 3.63) is 17.0 Å². The molecule has 0 N–H and O–H groups in total. The lowest BCUT2D eigenvalue weighted by molar-refractivity contribution is -0.142. The van der Waals surface area contributed by atoms with Gasteiger partial charge in [-0.3, -0.25) is 9.69 Å². The SMILES string of the molecule is Cc1noc(C)c1CN1CCC[C@H](N(CCN2CCCC2)C(=O)C2CCC2)C1. The largest absolute Gasteiger partial charge is 0.361 e. The number of rotatable bonds is 7. The minimum Gasteiger partial charge on any atom is -0.361 e. The van der Waals surface area contributed by atoms with Crippen LogP contribution in [0.4, 0.5) is 0 Å². The van der Waals surface area contributed by atoms with Crippen LogP contribution < -0.4 is 0 Å². The van der Waals surface area contributed by atoms with Crippen molar-refractivity contribution in [2.45, 2.75) is 71.4 Å². The van der Waals surface area contributed by atoms with Gasteiger partial charge in [0.1, 0.15) is 5.76 Å². The fourth-order valence-electron chi connectivity index (χ4n) is 5.00. The van der Waals surface area contributed by atoms with E-state index in [-0.39, 0.29) is 5.92 Å². The van der Waals surface area contributed by atoms with Crippen LogP contribution in [0, 0.1) is 19.8 Å². The van der Waals surface area contributed by atoms with Crippen molar-refractivity contribution in [2.24, 2.45) is 5.92 Å². The fraction of sp³-hybridized carbons (Fsp3) is 0.818. The summed E-state index contributed by atoms with van der Waals surface area (Å²) in [4.78, 5) is 20.5. The zero-order valence-electron chi connectivity index (χ0n) is 17.7. The van der Waals surface area contributed by atoms with Crippen LogP contribution in [0.2, 0.25) is 0 Å². The number of amides is 1. The Labute approximate surface area is 169 Å². The van der Waals surface area contributed by atoms with E-state index in [0.29, 0.717) is 11.9 Å². The second-order valence-corrected chi connectivity index (χ2v) is 9.04. The summed E-state index contributed by atoms with van der Waals surface area (Å²) in [6.07, 6.45) is 8.32. The quantitative estimate of drug-likeness (QED) is 0.719. The van der Waals surface area contributed by atoms with E-state index in [1.54, 1.807) is 0 Å². The maximum Gasteiger partial charge on any atom is 0.226 e.